The van der Waals surface area contributed by atoms with Crippen LogP contribution in [0.2, 0.25) is 0 Å². The van der Waals surface area contributed by atoms with Crippen molar-refractivity contribution in [1.29, 1.82) is 0 Å². The number of nitrogens with two attached hydrogens (primary N) is 1. The van der Waals surface area contributed by atoms with Gasteiger partial charge in [0.2, 0.25) is 5.91 Å². The summed E-state index contributed by atoms with van der Waals surface area (Å²) in [5.74, 6) is 0.0198. The van der Waals surface area contributed by atoms with E-state index in [1.165, 1.54) is 21.2 Å². The highest BCUT2D eigenvalue weighted by Gasteiger charge is 2.27. The number of aromatic amines is 1. The summed E-state index contributed by atoms with van der Waals surface area (Å²) in [4.78, 5) is 40.9. The number of anilines is 2. The molecule has 0 saturated heterocycles. The molecule has 1 heterocycles. The Morgan fingerprint density at radius 2 is 1.96 bits per heavy atom. The number of thioether (sulfide) groups is 1. The van der Waals surface area contributed by atoms with Gasteiger partial charge in [-0.15, -0.1) is 0 Å². The first-order valence-electron chi connectivity index (χ1n) is 8.21. The lowest BCUT2D eigenvalue weighted by Gasteiger charge is -2.28. The number of hydrogen-bond donors (Lipinski definition) is 2. The van der Waals surface area contributed by atoms with Crippen molar-refractivity contribution in [1.82, 2.24) is 9.55 Å². The van der Waals surface area contributed by atoms with Crippen molar-refractivity contribution < 1.29 is 4.79 Å². The fourth-order valence-corrected chi connectivity index (χ4v) is 2.68. The predicted octanol–water partition coefficient (Wildman–Crippen LogP) is 1.66. The second kappa shape index (κ2) is 8.96. The average Bonchev–Trinajstić information content (AvgIpc) is 2.51. The summed E-state index contributed by atoms with van der Waals surface area (Å²) >= 11 is 1.40. The lowest BCUT2D eigenvalue weighted by atomic mass is 10.2. The van der Waals surface area contributed by atoms with Gasteiger partial charge in [0, 0.05) is 13.1 Å². The molecule has 24 heavy (non-hydrogen) atoms. The van der Waals surface area contributed by atoms with Gasteiger partial charge in [0.15, 0.2) is 5.69 Å². The van der Waals surface area contributed by atoms with Gasteiger partial charge in [-0.2, -0.15) is 11.8 Å². The second-order valence-electron chi connectivity index (χ2n) is 6.22. The minimum atomic E-state index is -0.618. The van der Waals surface area contributed by atoms with Crippen molar-refractivity contribution >= 4 is 29.2 Å². The number of nitrogen functional groups attached to an aromatic ring is 1. The third kappa shape index (κ3) is 4.66. The predicted molar refractivity (Wildman–Crippen MR) is 101 cm³/mol. The molecular weight excluding hydrogens is 328 g/mol. The lowest BCUT2D eigenvalue weighted by Crippen LogP contribution is -2.45. The zero-order chi connectivity index (χ0) is 18.4. The summed E-state index contributed by atoms with van der Waals surface area (Å²) in [6.45, 7) is 8.49. The number of H-pyrrole nitrogens is 1. The molecule has 1 rings (SSSR count). The molecule has 1 aromatic heterocycles. The Bertz CT molecular complexity index is 681. The van der Waals surface area contributed by atoms with Gasteiger partial charge in [0.05, 0.1) is 5.25 Å². The Kier molecular flexibility index (Phi) is 7.59. The van der Waals surface area contributed by atoms with Crippen LogP contribution in [0.4, 0.5) is 11.5 Å². The van der Waals surface area contributed by atoms with E-state index in [2.05, 4.69) is 4.98 Å². The summed E-state index contributed by atoms with van der Waals surface area (Å²) in [5.41, 5.74) is 5.04. The van der Waals surface area contributed by atoms with Gasteiger partial charge in [-0.25, -0.2) is 4.79 Å². The lowest BCUT2D eigenvalue weighted by molar-refractivity contribution is -0.118. The maximum atomic E-state index is 12.7. The van der Waals surface area contributed by atoms with Crippen molar-refractivity contribution in [3.63, 3.8) is 0 Å². The van der Waals surface area contributed by atoms with Gasteiger partial charge in [0.1, 0.15) is 5.82 Å². The molecule has 1 amide bonds. The Morgan fingerprint density at radius 3 is 2.46 bits per heavy atom. The third-order valence-electron chi connectivity index (χ3n) is 3.73. The fraction of sp³-hybridized carbons (Fsp3) is 0.688. The highest BCUT2D eigenvalue weighted by molar-refractivity contribution is 7.99. The first-order chi connectivity index (χ1) is 11.2. The molecular formula is C16H28N4O3S. The zero-order valence-electron chi connectivity index (χ0n) is 15.1. The van der Waals surface area contributed by atoms with Crippen LogP contribution in [-0.2, 0) is 11.3 Å². The molecule has 1 atom stereocenters. The number of carbonyl (C=O) groups excluding carboxylic acids is 1. The minimum absolute atomic E-state index is 0.0551. The largest absolute Gasteiger partial charge is 0.383 e. The number of nitrogens with zero attached hydrogens (tertiary/aromatic N) is 2. The van der Waals surface area contributed by atoms with Crippen LogP contribution in [0, 0.1) is 5.92 Å². The van der Waals surface area contributed by atoms with Crippen molar-refractivity contribution in [3.05, 3.63) is 20.8 Å². The number of rotatable bonds is 8. The molecule has 7 nitrogen and oxygen atoms in total. The fourth-order valence-electron chi connectivity index (χ4n) is 2.35. The summed E-state index contributed by atoms with van der Waals surface area (Å²) < 4.78 is 1.34. The molecule has 136 valence electrons. The van der Waals surface area contributed by atoms with Gasteiger partial charge < -0.3 is 10.6 Å². The molecule has 0 aliphatic carbocycles. The van der Waals surface area contributed by atoms with E-state index in [1.807, 2.05) is 27.0 Å². The van der Waals surface area contributed by atoms with Gasteiger partial charge >= 0.3 is 5.69 Å². The Hall–Kier alpha value is -1.70. The van der Waals surface area contributed by atoms with Gasteiger partial charge in [0.25, 0.3) is 5.56 Å². The average molecular weight is 356 g/mol. The van der Waals surface area contributed by atoms with Crippen molar-refractivity contribution in [2.75, 3.05) is 23.4 Å². The van der Waals surface area contributed by atoms with E-state index in [0.29, 0.717) is 13.1 Å². The standard InChI is InChI=1S/C16H28N4O3S/c1-6-7-8-19-13(17)12(14(21)18-16(19)23)20(9-10(2)3)15(22)11(4)24-5/h10-11H,6-9,17H2,1-5H3,(H,18,21,23). The molecule has 1 unspecified atom stereocenters. The van der Waals surface area contributed by atoms with Crippen molar-refractivity contribution in [2.24, 2.45) is 5.92 Å². The van der Waals surface area contributed by atoms with E-state index in [1.54, 1.807) is 6.92 Å². The highest BCUT2D eigenvalue weighted by atomic mass is 32.2. The number of aromatic nitrogens is 2. The molecule has 0 radical (unpaired) electrons. The van der Waals surface area contributed by atoms with E-state index in [0.717, 1.165) is 12.8 Å². The van der Waals surface area contributed by atoms with E-state index < -0.39 is 11.2 Å². The monoisotopic (exact) mass is 356 g/mol. The Morgan fingerprint density at radius 1 is 1.33 bits per heavy atom. The van der Waals surface area contributed by atoms with Gasteiger partial charge in [-0.3, -0.25) is 19.1 Å². The minimum Gasteiger partial charge on any atom is -0.383 e. The Balaban J connectivity index is 3.49. The van der Waals surface area contributed by atoms with Crippen LogP contribution in [0.15, 0.2) is 9.59 Å². The van der Waals surface area contributed by atoms with Crippen LogP contribution in [0.1, 0.15) is 40.5 Å². The summed E-state index contributed by atoms with van der Waals surface area (Å²) in [7, 11) is 0. The topological polar surface area (TPSA) is 101 Å². The highest BCUT2D eigenvalue weighted by Crippen LogP contribution is 2.22. The molecule has 0 spiro atoms. The number of hydrogen-bond acceptors (Lipinski definition) is 5. The summed E-state index contributed by atoms with van der Waals surface area (Å²) in [5, 5.41) is -0.307. The first kappa shape index (κ1) is 20.3. The van der Waals surface area contributed by atoms with Gasteiger partial charge in [-0.1, -0.05) is 27.2 Å². The molecule has 0 aliphatic rings. The van der Waals surface area contributed by atoms with E-state index >= 15 is 0 Å². The van der Waals surface area contributed by atoms with E-state index in [-0.39, 0.29) is 28.6 Å². The van der Waals surface area contributed by atoms with Crippen LogP contribution < -0.4 is 21.9 Å². The maximum absolute atomic E-state index is 12.7. The van der Waals surface area contributed by atoms with E-state index in [4.69, 9.17) is 5.73 Å². The summed E-state index contributed by atoms with van der Waals surface area (Å²) in [6.07, 6.45) is 3.49. The van der Waals surface area contributed by atoms with Crippen LogP contribution in [0.3, 0.4) is 0 Å². The van der Waals surface area contributed by atoms with E-state index in [9.17, 15) is 14.4 Å². The molecule has 0 bridgehead atoms. The number of unbranched alkanes of at least 4 members (excludes halogenated alkanes) is 1. The molecule has 0 aliphatic heterocycles. The molecule has 1 aromatic rings. The molecule has 3 N–H and O–H groups in total. The normalized spacial score (nSPS) is 12.4. The van der Waals surface area contributed by atoms with Crippen LogP contribution in [0.5, 0.6) is 0 Å². The van der Waals surface area contributed by atoms with Crippen molar-refractivity contribution in [3.8, 4) is 0 Å². The number of carbonyl (C=O) groups is 1. The number of nitrogens with one attached hydrogen (secondary N) is 1. The van der Waals surface area contributed by atoms with Crippen LogP contribution in [0.25, 0.3) is 0 Å². The molecule has 8 heteroatoms. The molecule has 0 fully saturated rings. The SMILES string of the molecule is CCCCn1c(N)c(N(CC(C)C)C(=O)C(C)SC)c(=O)[nH]c1=O. The smallest absolute Gasteiger partial charge is 0.330 e. The second-order valence-corrected chi connectivity index (χ2v) is 7.40. The molecule has 0 saturated carbocycles. The Labute approximate surface area is 146 Å². The maximum Gasteiger partial charge on any atom is 0.330 e. The zero-order valence-corrected chi connectivity index (χ0v) is 15.9. The third-order valence-corrected chi connectivity index (χ3v) is 4.64. The quantitative estimate of drug-likeness (QED) is 0.738. The number of amides is 1. The van der Waals surface area contributed by atoms with Crippen molar-refractivity contribution in [2.45, 2.75) is 52.3 Å². The van der Waals surface area contributed by atoms with Gasteiger partial charge in [-0.05, 0) is 25.5 Å². The van der Waals surface area contributed by atoms with Crippen LogP contribution >= 0.6 is 11.8 Å². The summed E-state index contributed by atoms with van der Waals surface area (Å²) in [6, 6.07) is 0. The van der Waals surface area contributed by atoms with Crippen LogP contribution in [-0.4, -0.2) is 33.5 Å². The first-order valence-corrected chi connectivity index (χ1v) is 9.50. The molecule has 0 aromatic carbocycles.